The van der Waals surface area contributed by atoms with Crippen molar-refractivity contribution in [3.8, 4) is 11.5 Å². The van der Waals surface area contributed by atoms with Crippen molar-refractivity contribution in [2.75, 3.05) is 21.3 Å². The first-order valence-corrected chi connectivity index (χ1v) is 7.46. The van der Waals surface area contributed by atoms with E-state index in [0.29, 0.717) is 13.1 Å². The maximum atomic E-state index is 5.35. The molecule has 0 saturated carbocycles. The fourth-order valence-corrected chi connectivity index (χ4v) is 2.18. The molecule has 0 atom stereocenters. The first-order valence-electron chi connectivity index (χ1n) is 7.46. The Kier molecular flexibility index (Phi) is 6.29. The summed E-state index contributed by atoms with van der Waals surface area (Å²) >= 11 is 0. The van der Waals surface area contributed by atoms with Gasteiger partial charge in [-0.05, 0) is 23.8 Å². The summed E-state index contributed by atoms with van der Waals surface area (Å²) in [6, 6.07) is 15.9. The van der Waals surface area contributed by atoms with Crippen LogP contribution in [0.4, 0.5) is 0 Å². The Morgan fingerprint density at radius 2 is 1.61 bits per heavy atom. The van der Waals surface area contributed by atoms with E-state index in [9.17, 15) is 0 Å². The molecule has 0 spiro atoms. The van der Waals surface area contributed by atoms with Crippen LogP contribution < -0.4 is 20.1 Å². The standard InChI is InChI=1S/C18H23N3O2/c1-19-18(20-12-14-8-10-16(22-2)11-9-14)21-13-15-6-4-5-7-17(15)23-3/h4-11H,12-13H2,1-3H3,(H2,19,20,21). The highest BCUT2D eigenvalue weighted by atomic mass is 16.5. The predicted octanol–water partition coefficient (Wildman–Crippen LogP) is 2.57. The number of para-hydroxylation sites is 1. The molecule has 0 aromatic heterocycles. The van der Waals surface area contributed by atoms with Crippen LogP contribution in [0, 0.1) is 0 Å². The largest absolute Gasteiger partial charge is 0.497 e. The lowest BCUT2D eigenvalue weighted by Crippen LogP contribution is -2.36. The van der Waals surface area contributed by atoms with Gasteiger partial charge in [0.05, 0.1) is 14.2 Å². The van der Waals surface area contributed by atoms with Crippen molar-refractivity contribution in [2.45, 2.75) is 13.1 Å². The molecule has 0 radical (unpaired) electrons. The minimum absolute atomic E-state index is 0.645. The number of nitrogens with zero attached hydrogens (tertiary/aromatic N) is 1. The minimum atomic E-state index is 0.645. The number of guanidine groups is 1. The van der Waals surface area contributed by atoms with Gasteiger partial charge >= 0.3 is 0 Å². The number of rotatable bonds is 6. The lowest BCUT2D eigenvalue weighted by molar-refractivity contribution is 0.409. The molecule has 0 bridgehead atoms. The smallest absolute Gasteiger partial charge is 0.191 e. The average Bonchev–Trinajstić information content (AvgIpc) is 2.62. The summed E-state index contributed by atoms with van der Waals surface area (Å²) < 4.78 is 10.5. The van der Waals surface area contributed by atoms with Gasteiger partial charge < -0.3 is 20.1 Å². The van der Waals surface area contributed by atoms with Crippen LogP contribution in [0.5, 0.6) is 11.5 Å². The first-order chi connectivity index (χ1) is 11.3. The van der Waals surface area contributed by atoms with E-state index in [2.05, 4.69) is 15.6 Å². The van der Waals surface area contributed by atoms with Crippen LogP contribution in [0.2, 0.25) is 0 Å². The number of hydrogen-bond acceptors (Lipinski definition) is 3. The number of aliphatic imine (C=N–C) groups is 1. The molecule has 2 rings (SSSR count). The lowest BCUT2D eigenvalue weighted by atomic mass is 10.2. The highest BCUT2D eigenvalue weighted by molar-refractivity contribution is 5.79. The Balaban J connectivity index is 1.88. The third-order valence-corrected chi connectivity index (χ3v) is 3.48. The van der Waals surface area contributed by atoms with E-state index in [1.165, 1.54) is 0 Å². The highest BCUT2D eigenvalue weighted by Crippen LogP contribution is 2.16. The number of methoxy groups -OCH3 is 2. The van der Waals surface area contributed by atoms with Crippen LogP contribution in [-0.2, 0) is 13.1 Å². The fraction of sp³-hybridized carbons (Fsp3) is 0.278. The third kappa shape index (κ3) is 4.92. The average molecular weight is 313 g/mol. The minimum Gasteiger partial charge on any atom is -0.497 e. The fourth-order valence-electron chi connectivity index (χ4n) is 2.18. The predicted molar refractivity (Wildman–Crippen MR) is 93.0 cm³/mol. The SMILES string of the molecule is CN=C(NCc1ccc(OC)cc1)NCc1ccccc1OC. The molecule has 0 fully saturated rings. The number of nitrogens with one attached hydrogen (secondary N) is 2. The second-order valence-electron chi connectivity index (χ2n) is 4.94. The molecule has 23 heavy (non-hydrogen) atoms. The second kappa shape index (κ2) is 8.68. The number of benzene rings is 2. The summed E-state index contributed by atoms with van der Waals surface area (Å²) in [7, 11) is 5.10. The highest BCUT2D eigenvalue weighted by Gasteiger charge is 2.03. The molecule has 0 unspecified atom stereocenters. The zero-order valence-corrected chi connectivity index (χ0v) is 13.8. The first kappa shape index (κ1) is 16.7. The molecule has 122 valence electrons. The van der Waals surface area contributed by atoms with Gasteiger partial charge in [-0.3, -0.25) is 4.99 Å². The van der Waals surface area contributed by atoms with Crippen LogP contribution in [0.15, 0.2) is 53.5 Å². The Morgan fingerprint density at radius 3 is 2.26 bits per heavy atom. The van der Waals surface area contributed by atoms with E-state index in [4.69, 9.17) is 9.47 Å². The van der Waals surface area contributed by atoms with Crippen LogP contribution >= 0.6 is 0 Å². The van der Waals surface area contributed by atoms with Crippen molar-refractivity contribution in [3.63, 3.8) is 0 Å². The summed E-state index contributed by atoms with van der Waals surface area (Å²) in [5.74, 6) is 2.46. The summed E-state index contributed by atoms with van der Waals surface area (Å²) in [4.78, 5) is 4.24. The van der Waals surface area contributed by atoms with Gasteiger partial charge in [-0.25, -0.2) is 0 Å². The molecule has 2 N–H and O–H groups in total. The molecule has 2 aromatic carbocycles. The van der Waals surface area contributed by atoms with Crippen LogP contribution in [0.3, 0.4) is 0 Å². The van der Waals surface area contributed by atoms with Crippen LogP contribution in [0.1, 0.15) is 11.1 Å². The molecule has 2 aromatic rings. The van der Waals surface area contributed by atoms with Crippen LogP contribution in [-0.4, -0.2) is 27.2 Å². The number of hydrogen-bond donors (Lipinski definition) is 2. The quantitative estimate of drug-likeness (QED) is 0.636. The van der Waals surface area contributed by atoms with Gasteiger partial charge in [-0.15, -0.1) is 0 Å². The Labute approximate surface area is 137 Å². The summed E-state index contributed by atoms with van der Waals surface area (Å²) in [5.41, 5.74) is 2.24. The van der Waals surface area contributed by atoms with E-state index in [0.717, 1.165) is 28.6 Å². The van der Waals surface area contributed by atoms with Crippen molar-refractivity contribution in [1.82, 2.24) is 10.6 Å². The van der Waals surface area contributed by atoms with Crippen molar-refractivity contribution < 1.29 is 9.47 Å². The monoisotopic (exact) mass is 313 g/mol. The maximum Gasteiger partial charge on any atom is 0.191 e. The molecule has 0 aliphatic rings. The second-order valence-corrected chi connectivity index (χ2v) is 4.94. The van der Waals surface area contributed by atoms with Gasteiger partial charge in [0, 0.05) is 25.7 Å². The third-order valence-electron chi connectivity index (χ3n) is 3.48. The van der Waals surface area contributed by atoms with Crippen molar-refractivity contribution in [3.05, 3.63) is 59.7 Å². The normalized spacial score (nSPS) is 11.0. The summed E-state index contributed by atoms with van der Waals surface area (Å²) in [6.45, 7) is 1.34. The van der Waals surface area contributed by atoms with E-state index >= 15 is 0 Å². The molecular weight excluding hydrogens is 290 g/mol. The van der Waals surface area contributed by atoms with E-state index < -0.39 is 0 Å². The lowest BCUT2D eigenvalue weighted by Gasteiger charge is -2.14. The maximum absolute atomic E-state index is 5.35. The summed E-state index contributed by atoms with van der Waals surface area (Å²) in [6.07, 6.45) is 0. The molecule has 5 heteroatoms. The molecule has 0 aliphatic carbocycles. The number of ether oxygens (including phenoxy) is 2. The van der Waals surface area contributed by atoms with Gasteiger partial charge in [-0.1, -0.05) is 30.3 Å². The van der Waals surface area contributed by atoms with Gasteiger partial charge in [0.2, 0.25) is 0 Å². The van der Waals surface area contributed by atoms with Crippen molar-refractivity contribution >= 4 is 5.96 Å². The van der Waals surface area contributed by atoms with Gasteiger partial charge in [0.1, 0.15) is 11.5 Å². The Bertz CT molecular complexity index is 639. The van der Waals surface area contributed by atoms with E-state index in [1.54, 1.807) is 21.3 Å². The zero-order chi connectivity index (χ0) is 16.5. The molecule has 0 amide bonds. The zero-order valence-electron chi connectivity index (χ0n) is 13.8. The summed E-state index contributed by atoms with van der Waals surface area (Å²) in [5, 5.41) is 6.58. The molecule has 0 heterocycles. The van der Waals surface area contributed by atoms with E-state index in [-0.39, 0.29) is 0 Å². The molecule has 5 nitrogen and oxygen atoms in total. The Morgan fingerprint density at radius 1 is 0.913 bits per heavy atom. The molecule has 0 saturated heterocycles. The van der Waals surface area contributed by atoms with E-state index in [1.807, 2.05) is 48.5 Å². The Hall–Kier alpha value is -2.69. The van der Waals surface area contributed by atoms with Gasteiger partial charge in [0.15, 0.2) is 5.96 Å². The van der Waals surface area contributed by atoms with Crippen molar-refractivity contribution in [2.24, 2.45) is 4.99 Å². The van der Waals surface area contributed by atoms with Crippen LogP contribution in [0.25, 0.3) is 0 Å². The van der Waals surface area contributed by atoms with Gasteiger partial charge in [-0.2, -0.15) is 0 Å². The molecular formula is C18H23N3O2. The topological polar surface area (TPSA) is 54.9 Å². The van der Waals surface area contributed by atoms with Gasteiger partial charge in [0.25, 0.3) is 0 Å². The molecule has 0 aliphatic heterocycles. The van der Waals surface area contributed by atoms with Crippen molar-refractivity contribution in [1.29, 1.82) is 0 Å².